The lowest BCUT2D eigenvalue weighted by atomic mass is 10.2. The number of ether oxygens (including phenoxy) is 1. The molecule has 30 heavy (non-hydrogen) atoms. The number of halogens is 2. The Morgan fingerprint density at radius 3 is 2.47 bits per heavy atom. The van der Waals surface area contributed by atoms with Gasteiger partial charge in [-0.05, 0) is 60.2 Å². The van der Waals surface area contributed by atoms with Gasteiger partial charge in [0.2, 0.25) is 5.76 Å². The standard InChI is InChI=1S/C20H13Cl2N3O5/c21-13-5-8-15(22)16(10-13)24-18(26)19(27)25-23-11-12-3-6-14(7-4-12)30-20(28)17-2-1-9-29-17/h1-11H,(H,24,26)(H,25,27)/b23-11+. The number of hydrogen-bond acceptors (Lipinski definition) is 6. The van der Waals surface area contributed by atoms with Gasteiger partial charge in [-0.25, -0.2) is 10.2 Å². The number of hydrazone groups is 1. The molecule has 1 heterocycles. The molecule has 152 valence electrons. The number of amides is 2. The lowest BCUT2D eigenvalue weighted by Gasteiger charge is -2.06. The highest BCUT2D eigenvalue weighted by atomic mass is 35.5. The van der Waals surface area contributed by atoms with Gasteiger partial charge in [-0.15, -0.1) is 0 Å². The predicted octanol–water partition coefficient (Wildman–Crippen LogP) is 3.89. The second-order valence-electron chi connectivity index (χ2n) is 5.71. The summed E-state index contributed by atoms with van der Waals surface area (Å²) in [6, 6.07) is 13.8. The summed E-state index contributed by atoms with van der Waals surface area (Å²) in [6.45, 7) is 0. The van der Waals surface area contributed by atoms with Crippen molar-refractivity contribution in [3.8, 4) is 5.75 Å². The van der Waals surface area contributed by atoms with Crippen molar-refractivity contribution in [2.45, 2.75) is 0 Å². The largest absolute Gasteiger partial charge is 0.457 e. The van der Waals surface area contributed by atoms with Crippen LogP contribution in [-0.4, -0.2) is 24.0 Å². The molecule has 0 atom stereocenters. The van der Waals surface area contributed by atoms with Crippen molar-refractivity contribution in [2.24, 2.45) is 5.10 Å². The van der Waals surface area contributed by atoms with Crippen molar-refractivity contribution in [2.75, 3.05) is 5.32 Å². The first-order valence-electron chi connectivity index (χ1n) is 8.37. The fourth-order valence-electron chi connectivity index (χ4n) is 2.16. The molecule has 0 fully saturated rings. The fourth-order valence-corrected chi connectivity index (χ4v) is 2.50. The number of rotatable bonds is 5. The molecular formula is C20H13Cl2N3O5. The average Bonchev–Trinajstić information content (AvgIpc) is 3.27. The molecule has 0 aliphatic rings. The van der Waals surface area contributed by atoms with Gasteiger partial charge in [-0.2, -0.15) is 5.10 Å². The van der Waals surface area contributed by atoms with Crippen molar-refractivity contribution in [3.05, 3.63) is 82.2 Å². The van der Waals surface area contributed by atoms with Crippen LogP contribution in [0.15, 0.2) is 70.4 Å². The molecule has 10 heteroatoms. The van der Waals surface area contributed by atoms with E-state index in [2.05, 4.69) is 15.8 Å². The van der Waals surface area contributed by atoms with E-state index in [-0.39, 0.29) is 16.5 Å². The van der Waals surface area contributed by atoms with Crippen LogP contribution in [0, 0.1) is 0 Å². The van der Waals surface area contributed by atoms with Gasteiger partial charge in [0.15, 0.2) is 0 Å². The monoisotopic (exact) mass is 445 g/mol. The third kappa shape index (κ3) is 5.69. The number of anilines is 1. The summed E-state index contributed by atoms with van der Waals surface area (Å²) in [7, 11) is 0. The van der Waals surface area contributed by atoms with Crippen LogP contribution in [0.3, 0.4) is 0 Å². The number of carbonyl (C=O) groups is 3. The van der Waals surface area contributed by atoms with Gasteiger partial charge in [-0.3, -0.25) is 9.59 Å². The second-order valence-corrected chi connectivity index (χ2v) is 6.56. The van der Waals surface area contributed by atoms with Crippen molar-refractivity contribution in [3.63, 3.8) is 0 Å². The zero-order valence-corrected chi connectivity index (χ0v) is 16.6. The van der Waals surface area contributed by atoms with Gasteiger partial charge in [0.1, 0.15) is 5.75 Å². The van der Waals surface area contributed by atoms with Gasteiger partial charge < -0.3 is 14.5 Å². The molecule has 0 saturated carbocycles. The normalized spacial score (nSPS) is 10.6. The minimum absolute atomic E-state index is 0.0840. The van der Waals surface area contributed by atoms with E-state index in [4.69, 9.17) is 32.4 Å². The van der Waals surface area contributed by atoms with Crippen LogP contribution < -0.4 is 15.5 Å². The predicted molar refractivity (Wildman–Crippen MR) is 111 cm³/mol. The Bertz CT molecular complexity index is 1100. The Hall–Kier alpha value is -3.62. The number of benzene rings is 2. The maximum absolute atomic E-state index is 11.9. The molecular weight excluding hydrogens is 433 g/mol. The smallest absolute Gasteiger partial charge is 0.379 e. The van der Waals surface area contributed by atoms with Crippen LogP contribution in [-0.2, 0) is 9.59 Å². The second kappa shape index (κ2) is 9.73. The molecule has 8 nitrogen and oxygen atoms in total. The first-order valence-corrected chi connectivity index (χ1v) is 9.13. The topological polar surface area (TPSA) is 110 Å². The Morgan fingerprint density at radius 1 is 1.00 bits per heavy atom. The highest BCUT2D eigenvalue weighted by Gasteiger charge is 2.15. The Labute approximate surface area is 180 Å². The van der Waals surface area contributed by atoms with Crippen LogP contribution in [0.1, 0.15) is 16.1 Å². The maximum Gasteiger partial charge on any atom is 0.379 e. The summed E-state index contributed by atoms with van der Waals surface area (Å²) in [6.07, 6.45) is 2.68. The maximum atomic E-state index is 11.9. The van der Waals surface area contributed by atoms with Gasteiger partial charge in [-0.1, -0.05) is 23.2 Å². The molecule has 2 N–H and O–H groups in total. The van der Waals surface area contributed by atoms with Crippen LogP contribution in [0.25, 0.3) is 0 Å². The van der Waals surface area contributed by atoms with Crippen LogP contribution in [0.5, 0.6) is 5.75 Å². The number of carbonyl (C=O) groups excluding carboxylic acids is 3. The first-order chi connectivity index (χ1) is 14.4. The zero-order valence-electron chi connectivity index (χ0n) is 15.1. The zero-order chi connectivity index (χ0) is 21.5. The van der Waals surface area contributed by atoms with E-state index in [1.54, 1.807) is 24.3 Å². The van der Waals surface area contributed by atoms with Crippen molar-refractivity contribution >= 4 is 52.9 Å². The van der Waals surface area contributed by atoms with E-state index in [9.17, 15) is 14.4 Å². The fraction of sp³-hybridized carbons (Fsp3) is 0. The average molecular weight is 446 g/mol. The van der Waals surface area contributed by atoms with E-state index >= 15 is 0 Å². The quantitative estimate of drug-likeness (QED) is 0.203. The molecule has 2 amide bonds. The summed E-state index contributed by atoms with van der Waals surface area (Å²) in [5.74, 6) is -2.20. The third-order valence-corrected chi connectivity index (χ3v) is 4.14. The highest BCUT2D eigenvalue weighted by molar-refractivity contribution is 6.42. The lowest BCUT2D eigenvalue weighted by molar-refractivity contribution is -0.136. The van der Waals surface area contributed by atoms with E-state index in [0.717, 1.165) is 0 Å². The van der Waals surface area contributed by atoms with Crippen molar-refractivity contribution in [1.29, 1.82) is 0 Å². The Kier molecular flexibility index (Phi) is 6.84. The first kappa shape index (κ1) is 21.1. The molecule has 0 radical (unpaired) electrons. The van der Waals surface area contributed by atoms with E-state index < -0.39 is 17.8 Å². The van der Waals surface area contributed by atoms with Crippen molar-refractivity contribution in [1.82, 2.24) is 5.43 Å². The van der Waals surface area contributed by atoms with E-state index in [1.165, 1.54) is 42.8 Å². The Morgan fingerprint density at radius 2 is 1.77 bits per heavy atom. The van der Waals surface area contributed by atoms with Gasteiger partial charge in [0.05, 0.1) is 23.2 Å². The number of hydrogen-bond donors (Lipinski definition) is 2. The van der Waals surface area contributed by atoms with E-state index in [0.29, 0.717) is 16.3 Å². The van der Waals surface area contributed by atoms with E-state index in [1.807, 2.05) is 0 Å². The Balaban J connectivity index is 1.52. The molecule has 0 bridgehead atoms. The molecule has 0 unspecified atom stereocenters. The summed E-state index contributed by atoms with van der Waals surface area (Å²) < 4.78 is 10.1. The molecule has 0 saturated heterocycles. The minimum atomic E-state index is -0.994. The van der Waals surface area contributed by atoms with Crippen LogP contribution in [0.2, 0.25) is 10.0 Å². The lowest BCUT2D eigenvalue weighted by Crippen LogP contribution is -2.32. The molecule has 0 aliphatic carbocycles. The van der Waals surface area contributed by atoms with Crippen molar-refractivity contribution < 1.29 is 23.5 Å². The molecule has 0 aliphatic heterocycles. The van der Waals surface area contributed by atoms with Gasteiger partial charge in [0, 0.05) is 5.02 Å². The molecule has 0 spiro atoms. The van der Waals surface area contributed by atoms with Gasteiger partial charge in [0.25, 0.3) is 0 Å². The number of nitrogens with zero attached hydrogens (tertiary/aromatic N) is 1. The number of nitrogens with one attached hydrogen (secondary N) is 2. The molecule has 1 aromatic heterocycles. The molecule has 2 aromatic carbocycles. The summed E-state index contributed by atoms with van der Waals surface area (Å²) in [5.41, 5.74) is 2.89. The van der Waals surface area contributed by atoms with Gasteiger partial charge >= 0.3 is 17.8 Å². The molecule has 3 aromatic rings. The number of esters is 1. The van der Waals surface area contributed by atoms with Crippen LogP contribution in [0.4, 0.5) is 5.69 Å². The highest BCUT2D eigenvalue weighted by Crippen LogP contribution is 2.25. The summed E-state index contributed by atoms with van der Waals surface area (Å²) in [5, 5.41) is 6.63. The summed E-state index contributed by atoms with van der Waals surface area (Å²) in [4.78, 5) is 35.5. The third-order valence-electron chi connectivity index (χ3n) is 3.58. The number of furan rings is 1. The summed E-state index contributed by atoms with van der Waals surface area (Å²) >= 11 is 11.8. The minimum Gasteiger partial charge on any atom is -0.457 e. The molecule has 3 rings (SSSR count). The SMILES string of the molecule is O=C(N/N=C/c1ccc(OC(=O)c2ccco2)cc1)C(=O)Nc1cc(Cl)ccc1Cl. The van der Waals surface area contributed by atoms with Crippen LogP contribution >= 0.6 is 23.2 Å².